The predicted molar refractivity (Wildman–Crippen MR) is 163 cm³/mol. The second kappa shape index (κ2) is 11.5. The Morgan fingerprint density at radius 1 is 0.500 bits per heavy atom. The van der Waals surface area contributed by atoms with Gasteiger partial charge < -0.3 is 9.13 Å². The summed E-state index contributed by atoms with van der Waals surface area (Å²) in [5, 5.41) is 12.4. The Labute approximate surface area is 231 Å². The number of benzene rings is 4. The molecule has 2 heterocycles. The number of nitrogens with zero attached hydrogens (tertiary/aromatic N) is 8. The molecule has 6 aromatic rings. The van der Waals surface area contributed by atoms with Crippen molar-refractivity contribution in [3.8, 4) is 0 Å². The highest BCUT2D eigenvalue weighted by atomic mass is 15.1. The van der Waals surface area contributed by atoms with Crippen LogP contribution in [-0.4, -0.2) is 9.13 Å². The molecule has 2 aromatic heterocycles. The predicted octanol–water partition coefficient (Wildman–Crippen LogP) is 9.78. The summed E-state index contributed by atoms with van der Waals surface area (Å²) in [7, 11) is 0. The summed E-state index contributed by atoms with van der Waals surface area (Å²) in [6.07, 6.45) is 4.56. The molecule has 8 nitrogen and oxygen atoms in total. The molecule has 0 atom stereocenters. The molecular formula is C32H30N8. The minimum absolute atomic E-state index is 0.370. The van der Waals surface area contributed by atoms with Crippen molar-refractivity contribution in [2.75, 3.05) is 0 Å². The van der Waals surface area contributed by atoms with Crippen molar-refractivity contribution in [2.45, 2.75) is 51.9 Å². The lowest BCUT2D eigenvalue weighted by Gasteiger charge is -2.10. The zero-order chi connectivity index (χ0) is 27.3. The first kappa shape index (κ1) is 25.4. The smallest absolute Gasteiger partial charge is 0.0511 e. The van der Waals surface area contributed by atoms with E-state index in [4.69, 9.17) is 11.1 Å². The minimum atomic E-state index is 0.370. The van der Waals surface area contributed by atoms with Crippen molar-refractivity contribution in [1.82, 2.24) is 9.13 Å². The summed E-state index contributed by atoms with van der Waals surface area (Å²) in [4.78, 5) is 5.81. The number of rotatable bonds is 11. The molecule has 0 saturated heterocycles. The van der Waals surface area contributed by atoms with Gasteiger partial charge in [0.2, 0.25) is 0 Å². The highest BCUT2D eigenvalue weighted by Gasteiger charge is 2.12. The monoisotopic (exact) mass is 526 g/mol. The molecule has 0 spiro atoms. The van der Waals surface area contributed by atoms with Gasteiger partial charge in [-0.25, -0.2) is 0 Å². The van der Waals surface area contributed by atoms with Gasteiger partial charge in [0.25, 0.3) is 0 Å². The molecule has 8 heteroatoms. The second-order valence-electron chi connectivity index (χ2n) is 10.2. The van der Waals surface area contributed by atoms with Gasteiger partial charge in [-0.1, -0.05) is 71.6 Å². The topological polar surface area (TPSA) is 107 Å². The van der Waals surface area contributed by atoms with E-state index in [0.29, 0.717) is 13.1 Å². The largest absolute Gasteiger partial charge is 0.340 e. The van der Waals surface area contributed by atoms with Crippen LogP contribution in [0.15, 0.2) is 95.2 Å². The third kappa shape index (κ3) is 4.82. The van der Waals surface area contributed by atoms with Crippen LogP contribution >= 0.6 is 0 Å². The van der Waals surface area contributed by atoms with E-state index in [2.05, 4.69) is 114 Å². The number of aryl methyl sites for hydroxylation is 2. The average molecular weight is 527 g/mol. The normalized spacial score (nSPS) is 11.3. The Morgan fingerprint density at radius 3 is 1.38 bits per heavy atom. The lowest BCUT2D eigenvalue weighted by atomic mass is 10.1. The van der Waals surface area contributed by atoms with Gasteiger partial charge in [0.1, 0.15) is 0 Å². The molecule has 0 saturated carbocycles. The Hall–Kier alpha value is -4.90. The van der Waals surface area contributed by atoms with E-state index < -0.39 is 0 Å². The first-order valence-corrected chi connectivity index (χ1v) is 13.8. The number of unbranched alkanes of at least 4 members (excludes halogenated alkanes) is 3. The van der Waals surface area contributed by atoms with Gasteiger partial charge in [0, 0.05) is 66.5 Å². The molecule has 40 heavy (non-hydrogen) atoms. The van der Waals surface area contributed by atoms with E-state index >= 15 is 0 Å². The lowest BCUT2D eigenvalue weighted by molar-refractivity contribution is 0.559. The van der Waals surface area contributed by atoms with Crippen LogP contribution in [0.3, 0.4) is 0 Å². The van der Waals surface area contributed by atoms with Gasteiger partial charge in [-0.2, -0.15) is 0 Å². The van der Waals surface area contributed by atoms with E-state index in [-0.39, 0.29) is 0 Å². The van der Waals surface area contributed by atoms with Gasteiger partial charge in [-0.3, -0.25) is 0 Å². The van der Waals surface area contributed by atoms with Crippen LogP contribution in [0.2, 0.25) is 0 Å². The first-order chi connectivity index (χ1) is 19.8. The number of fused-ring (bicyclic) bond motifs is 6. The fourth-order valence-corrected chi connectivity index (χ4v) is 6.00. The third-order valence-corrected chi connectivity index (χ3v) is 7.82. The maximum atomic E-state index is 8.70. The average Bonchev–Trinajstić information content (AvgIpc) is 3.48. The molecule has 0 N–H and O–H groups in total. The Balaban J connectivity index is 1.14. The summed E-state index contributed by atoms with van der Waals surface area (Å²) in [5.74, 6) is 0. The fraction of sp³-hybridized carbons (Fsp3) is 0.250. The lowest BCUT2D eigenvalue weighted by Crippen LogP contribution is -2.00. The number of para-hydroxylation sites is 2. The molecule has 0 amide bonds. The van der Waals surface area contributed by atoms with Crippen molar-refractivity contribution >= 4 is 43.6 Å². The summed E-state index contributed by atoms with van der Waals surface area (Å²) in [5.41, 5.74) is 24.4. The van der Waals surface area contributed by atoms with Crippen LogP contribution in [0.1, 0.15) is 36.8 Å². The molecule has 0 aliphatic heterocycles. The molecule has 0 unspecified atom stereocenters. The molecule has 198 valence electrons. The van der Waals surface area contributed by atoms with E-state index in [9.17, 15) is 0 Å². The maximum Gasteiger partial charge on any atom is 0.0511 e. The van der Waals surface area contributed by atoms with Gasteiger partial charge in [0.05, 0.1) is 13.1 Å². The summed E-state index contributed by atoms with van der Waals surface area (Å²) in [6, 6.07) is 29.9. The SMILES string of the molecule is [N-]=[N+]=NCc1ccc2c(c1)c1ccccc1n2CCCCCCn1c2ccccc2c2cc(CN=[N+]=[N-])ccc21. The second-order valence-corrected chi connectivity index (χ2v) is 10.2. The van der Waals surface area contributed by atoms with Crippen molar-refractivity contribution < 1.29 is 0 Å². The molecule has 0 bridgehead atoms. The Morgan fingerprint density at radius 2 is 0.925 bits per heavy atom. The zero-order valence-corrected chi connectivity index (χ0v) is 22.3. The quantitative estimate of drug-likeness (QED) is 0.0693. The summed E-state index contributed by atoms with van der Waals surface area (Å²) < 4.78 is 4.87. The Bertz CT molecular complexity index is 1790. The molecular weight excluding hydrogens is 496 g/mol. The van der Waals surface area contributed by atoms with Gasteiger partial charge in [-0.15, -0.1) is 0 Å². The zero-order valence-electron chi connectivity index (χ0n) is 22.3. The number of azide groups is 2. The van der Waals surface area contributed by atoms with Crippen LogP contribution in [0.25, 0.3) is 64.5 Å². The Kier molecular flexibility index (Phi) is 7.27. The van der Waals surface area contributed by atoms with Crippen LogP contribution in [-0.2, 0) is 26.2 Å². The van der Waals surface area contributed by atoms with E-state index in [0.717, 1.165) is 49.9 Å². The van der Waals surface area contributed by atoms with E-state index in [1.54, 1.807) is 0 Å². The van der Waals surface area contributed by atoms with Crippen molar-refractivity contribution in [1.29, 1.82) is 0 Å². The highest BCUT2D eigenvalue weighted by Crippen LogP contribution is 2.32. The summed E-state index contributed by atoms with van der Waals surface area (Å²) >= 11 is 0. The first-order valence-electron chi connectivity index (χ1n) is 13.8. The van der Waals surface area contributed by atoms with E-state index in [1.165, 1.54) is 43.6 Å². The van der Waals surface area contributed by atoms with Crippen molar-refractivity contribution in [3.63, 3.8) is 0 Å². The number of hydrogen-bond acceptors (Lipinski definition) is 2. The fourth-order valence-electron chi connectivity index (χ4n) is 6.00. The standard InChI is InChI=1S/C32H30N8/c33-37-35-21-23-13-15-31-27(19-23)25-9-3-5-11-29(25)39(31)17-7-1-2-8-18-40-30-12-6-4-10-26(30)28-20-24(22-36-38-34)14-16-32(28)40/h3-6,9-16,19-20H,1-2,7-8,17-18,21-22H2. The number of hydrogen-bond donors (Lipinski definition) is 0. The molecule has 4 aromatic carbocycles. The molecule has 0 aliphatic carbocycles. The van der Waals surface area contributed by atoms with Gasteiger partial charge in [0.15, 0.2) is 0 Å². The summed E-state index contributed by atoms with van der Waals surface area (Å²) in [6.45, 7) is 2.69. The molecule has 6 rings (SSSR count). The third-order valence-electron chi connectivity index (χ3n) is 7.82. The molecule has 0 fully saturated rings. The molecule has 0 radical (unpaired) electrons. The van der Waals surface area contributed by atoms with Crippen LogP contribution < -0.4 is 0 Å². The number of aromatic nitrogens is 2. The highest BCUT2D eigenvalue weighted by molar-refractivity contribution is 6.09. The van der Waals surface area contributed by atoms with Gasteiger partial charge in [-0.05, 0) is 71.4 Å². The van der Waals surface area contributed by atoms with Crippen molar-refractivity contribution in [3.05, 3.63) is 117 Å². The maximum absolute atomic E-state index is 8.70. The van der Waals surface area contributed by atoms with Crippen LogP contribution in [0, 0.1) is 0 Å². The van der Waals surface area contributed by atoms with Crippen LogP contribution in [0.4, 0.5) is 0 Å². The van der Waals surface area contributed by atoms with Gasteiger partial charge >= 0.3 is 0 Å². The molecule has 0 aliphatic rings. The minimum Gasteiger partial charge on any atom is -0.340 e. The van der Waals surface area contributed by atoms with Crippen LogP contribution in [0.5, 0.6) is 0 Å². The van der Waals surface area contributed by atoms with E-state index in [1.807, 2.05) is 0 Å². The van der Waals surface area contributed by atoms with Crippen molar-refractivity contribution in [2.24, 2.45) is 10.2 Å².